The Morgan fingerprint density at radius 2 is 2.00 bits per heavy atom. The Morgan fingerprint density at radius 3 is 2.76 bits per heavy atom. The summed E-state index contributed by atoms with van der Waals surface area (Å²) in [6.45, 7) is 0.134. The number of para-hydroxylation sites is 1. The maximum atomic E-state index is 13.5. The van der Waals surface area contributed by atoms with E-state index in [-0.39, 0.29) is 18.3 Å². The van der Waals surface area contributed by atoms with E-state index in [0.717, 1.165) is 10.9 Å². The van der Waals surface area contributed by atoms with Crippen LogP contribution in [-0.2, 0) is 6.54 Å². The lowest BCUT2D eigenvalue weighted by molar-refractivity contribution is 0.0946. The maximum Gasteiger partial charge on any atom is 0.267 e. The van der Waals surface area contributed by atoms with Gasteiger partial charge in [-0.2, -0.15) is 0 Å². The Morgan fingerprint density at radius 1 is 1.19 bits per heavy atom. The van der Waals surface area contributed by atoms with Gasteiger partial charge in [-0.25, -0.2) is 4.39 Å². The minimum atomic E-state index is -0.336. The summed E-state index contributed by atoms with van der Waals surface area (Å²) in [7, 11) is 0. The molecule has 21 heavy (non-hydrogen) atoms. The van der Waals surface area contributed by atoms with Crippen LogP contribution in [0.2, 0.25) is 5.02 Å². The molecule has 0 aliphatic rings. The molecule has 3 rings (SSSR count). The Labute approximate surface area is 125 Å². The van der Waals surface area contributed by atoms with Gasteiger partial charge in [0.1, 0.15) is 11.5 Å². The first-order chi connectivity index (χ1) is 10.1. The lowest BCUT2D eigenvalue weighted by Crippen LogP contribution is -2.23. The van der Waals surface area contributed by atoms with Crippen LogP contribution in [0.4, 0.5) is 4.39 Å². The first kappa shape index (κ1) is 13.6. The van der Waals surface area contributed by atoms with E-state index < -0.39 is 0 Å². The molecule has 3 aromatic rings. The monoisotopic (exact) mass is 302 g/mol. The molecule has 2 N–H and O–H groups in total. The van der Waals surface area contributed by atoms with E-state index in [1.54, 1.807) is 30.3 Å². The molecule has 0 aliphatic carbocycles. The highest BCUT2D eigenvalue weighted by atomic mass is 35.5. The fourth-order valence-corrected chi connectivity index (χ4v) is 2.38. The van der Waals surface area contributed by atoms with Gasteiger partial charge in [-0.15, -0.1) is 0 Å². The Balaban J connectivity index is 1.78. The van der Waals surface area contributed by atoms with Gasteiger partial charge in [-0.3, -0.25) is 4.79 Å². The van der Waals surface area contributed by atoms with Crippen LogP contribution in [0, 0.1) is 5.82 Å². The van der Waals surface area contributed by atoms with Gasteiger partial charge in [0.2, 0.25) is 0 Å². The van der Waals surface area contributed by atoms with Crippen molar-refractivity contribution in [1.82, 2.24) is 10.3 Å². The van der Waals surface area contributed by atoms with Crippen molar-refractivity contribution < 1.29 is 9.18 Å². The maximum absolute atomic E-state index is 13.5. The number of amides is 1. The van der Waals surface area contributed by atoms with E-state index in [1.165, 1.54) is 6.07 Å². The van der Waals surface area contributed by atoms with Gasteiger partial charge in [0.25, 0.3) is 5.91 Å². The fourth-order valence-electron chi connectivity index (χ4n) is 2.15. The molecular weight excluding hydrogens is 291 g/mol. The predicted molar refractivity (Wildman–Crippen MR) is 80.9 cm³/mol. The third kappa shape index (κ3) is 2.76. The number of rotatable bonds is 3. The number of hydrogen-bond acceptors (Lipinski definition) is 1. The summed E-state index contributed by atoms with van der Waals surface area (Å²) < 4.78 is 13.5. The number of carbonyl (C=O) groups excluding carboxylic acids is 1. The van der Waals surface area contributed by atoms with Crippen molar-refractivity contribution in [3.05, 3.63) is 70.6 Å². The van der Waals surface area contributed by atoms with Crippen LogP contribution < -0.4 is 5.32 Å². The minimum Gasteiger partial charge on any atom is -0.349 e. The molecular formula is C16H12ClFN2O. The van der Waals surface area contributed by atoms with Crippen molar-refractivity contribution in [2.24, 2.45) is 0 Å². The second-order valence-corrected chi connectivity index (χ2v) is 5.07. The van der Waals surface area contributed by atoms with Crippen molar-refractivity contribution in [3.63, 3.8) is 0 Å². The van der Waals surface area contributed by atoms with Crippen LogP contribution in [0.15, 0.2) is 48.5 Å². The summed E-state index contributed by atoms with van der Waals surface area (Å²) in [6, 6.07) is 13.5. The van der Waals surface area contributed by atoms with Crippen molar-refractivity contribution in [3.8, 4) is 0 Å². The third-order valence-corrected chi connectivity index (χ3v) is 3.56. The van der Waals surface area contributed by atoms with E-state index >= 15 is 0 Å². The van der Waals surface area contributed by atoms with Crippen molar-refractivity contribution in [1.29, 1.82) is 0 Å². The summed E-state index contributed by atoms with van der Waals surface area (Å²) in [4.78, 5) is 15.1. The molecule has 1 amide bonds. The molecule has 0 atom stereocenters. The number of benzene rings is 2. The molecule has 0 fully saturated rings. The fraction of sp³-hybridized carbons (Fsp3) is 0.0625. The van der Waals surface area contributed by atoms with E-state index in [0.29, 0.717) is 16.3 Å². The van der Waals surface area contributed by atoms with Crippen LogP contribution in [0.25, 0.3) is 10.9 Å². The summed E-state index contributed by atoms with van der Waals surface area (Å²) in [5.41, 5.74) is 1.56. The van der Waals surface area contributed by atoms with Gasteiger partial charge < -0.3 is 10.3 Å². The van der Waals surface area contributed by atoms with Crippen molar-refractivity contribution in [2.45, 2.75) is 6.54 Å². The van der Waals surface area contributed by atoms with Crippen molar-refractivity contribution in [2.75, 3.05) is 0 Å². The molecule has 2 aromatic carbocycles. The molecule has 0 saturated heterocycles. The zero-order chi connectivity index (χ0) is 14.8. The molecule has 106 valence electrons. The van der Waals surface area contributed by atoms with Gasteiger partial charge >= 0.3 is 0 Å². The molecule has 0 unspecified atom stereocenters. The first-order valence-electron chi connectivity index (χ1n) is 6.44. The average molecular weight is 303 g/mol. The highest BCUT2D eigenvalue weighted by molar-refractivity contribution is 6.35. The molecule has 1 aromatic heterocycles. The number of hydrogen-bond donors (Lipinski definition) is 2. The lowest BCUT2D eigenvalue weighted by Gasteiger charge is -2.04. The number of aromatic nitrogens is 1. The minimum absolute atomic E-state index is 0.134. The standard InChI is InChI=1S/C16H12ClFN2O/c17-12-6-3-5-10-8-14(20-15(10)12)16(21)19-9-11-4-1-2-7-13(11)18/h1-8,20H,9H2,(H,19,21). The lowest BCUT2D eigenvalue weighted by atomic mass is 10.2. The largest absolute Gasteiger partial charge is 0.349 e. The van der Waals surface area contributed by atoms with E-state index in [1.807, 2.05) is 12.1 Å². The second-order valence-electron chi connectivity index (χ2n) is 4.66. The number of carbonyl (C=O) groups is 1. The zero-order valence-corrected chi connectivity index (χ0v) is 11.7. The second kappa shape index (κ2) is 5.58. The topological polar surface area (TPSA) is 44.9 Å². The van der Waals surface area contributed by atoms with Gasteiger partial charge in [-0.1, -0.05) is 41.9 Å². The molecule has 5 heteroatoms. The summed E-state index contributed by atoms with van der Waals surface area (Å²) >= 11 is 6.06. The third-order valence-electron chi connectivity index (χ3n) is 3.25. The quantitative estimate of drug-likeness (QED) is 0.757. The zero-order valence-electron chi connectivity index (χ0n) is 11.0. The number of nitrogens with one attached hydrogen (secondary N) is 2. The Hall–Kier alpha value is -2.33. The molecule has 1 heterocycles. The molecule has 0 saturated carbocycles. The average Bonchev–Trinajstić information content (AvgIpc) is 2.92. The van der Waals surface area contributed by atoms with E-state index in [2.05, 4.69) is 10.3 Å². The predicted octanol–water partition coefficient (Wildman–Crippen LogP) is 3.89. The number of H-pyrrole nitrogens is 1. The highest BCUT2D eigenvalue weighted by Crippen LogP contribution is 2.23. The van der Waals surface area contributed by atoms with Gasteiger partial charge in [-0.05, 0) is 18.2 Å². The normalized spacial score (nSPS) is 10.8. The Kier molecular flexibility index (Phi) is 3.62. The van der Waals surface area contributed by atoms with Crippen LogP contribution in [-0.4, -0.2) is 10.9 Å². The van der Waals surface area contributed by atoms with Gasteiger partial charge in [0, 0.05) is 17.5 Å². The molecule has 0 radical (unpaired) electrons. The van der Waals surface area contributed by atoms with E-state index in [4.69, 9.17) is 11.6 Å². The van der Waals surface area contributed by atoms with Crippen LogP contribution in [0.5, 0.6) is 0 Å². The molecule has 0 spiro atoms. The highest BCUT2D eigenvalue weighted by Gasteiger charge is 2.11. The van der Waals surface area contributed by atoms with Crippen molar-refractivity contribution >= 4 is 28.4 Å². The Bertz CT molecular complexity index is 813. The molecule has 0 bridgehead atoms. The van der Waals surface area contributed by atoms with Crippen LogP contribution in [0.3, 0.4) is 0 Å². The van der Waals surface area contributed by atoms with E-state index in [9.17, 15) is 9.18 Å². The number of fused-ring (bicyclic) bond motifs is 1. The summed E-state index contributed by atoms with van der Waals surface area (Å²) in [6.07, 6.45) is 0. The van der Waals surface area contributed by atoms with Crippen LogP contribution >= 0.6 is 11.6 Å². The summed E-state index contributed by atoms with van der Waals surface area (Å²) in [5, 5.41) is 4.10. The number of halogens is 2. The molecule has 0 aliphatic heterocycles. The SMILES string of the molecule is O=C(NCc1ccccc1F)c1cc2cccc(Cl)c2[nH]1. The smallest absolute Gasteiger partial charge is 0.267 e. The van der Waals surface area contributed by atoms with Gasteiger partial charge in [0.15, 0.2) is 0 Å². The summed E-state index contributed by atoms with van der Waals surface area (Å²) in [5.74, 6) is -0.636. The first-order valence-corrected chi connectivity index (χ1v) is 6.82. The van der Waals surface area contributed by atoms with Crippen LogP contribution in [0.1, 0.15) is 16.1 Å². The molecule has 3 nitrogen and oxygen atoms in total. The number of aromatic amines is 1. The van der Waals surface area contributed by atoms with Gasteiger partial charge in [0.05, 0.1) is 10.5 Å².